The van der Waals surface area contributed by atoms with E-state index in [4.69, 9.17) is 9.16 Å². The molecule has 3 rings (SSSR count). The zero-order valence-corrected chi connectivity index (χ0v) is 17.3. The molecule has 1 aromatic carbocycles. The fourth-order valence-corrected chi connectivity index (χ4v) is 4.46. The first-order chi connectivity index (χ1) is 12.1. The predicted octanol–water partition coefficient (Wildman–Crippen LogP) is 3.77. The number of fused-ring (bicyclic) bond motifs is 1. The summed E-state index contributed by atoms with van der Waals surface area (Å²) in [5, 5.41) is 4.69. The van der Waals surface area contributed by atoms with Gasteiger partial charge in [-0.2, -0.15) is 5.10 Å². The smallest absolute Gasteiger partial charge is 0.334 e. The molecule has 1 aliphatic heterocycles. The molecule has 1 unspecified atom stereocenters. The van der Waals surface area contributed by atoms with Gasteiger partial charge in [0, 0.05) is 6.42 Å². The summed E-state index contributed by atoms with van der Waals surface area (Å²) >= 11 is 0. The van der Waals surface area contributed by atoms with Gasteiger partial charge in [-0.15, -0.1) is 0 Å². The molecular formula is C19H27N3O3Si. The SMILES string of the molecule is CC(O[Si](C)(C)C)c1nc2n(n1)[C@](C)(Cc1ccccc1)C(=O)O[C@H]2C. The molecule has 0 saturated heterocycles. The summed E-state index contributed by atoms with van der Waals surface area (Å²) in [5.74, 6) is 0.993. The van der Waals surface area contributed by atoms with Crippen molar-refractivity contribution in [3.05, 3.63) is 47.5 Å². The minimum absolute atomic E-state index is 0.219. The van der Waals surface area contributed by atoms with Crippen LogP contribution in [0.1, 0.15) is 50.2 Å². The van der Waals surface area contributed by atoms with Crippen LogP contribution in [0.3, 0.4) is 0 Å². The molecule has 140 valence electrons. The number of carbonyl (C=O) groups excluding carboxylic acids is 1. The zero-order chi connectivity index (χ0) is 19.1. The molecule has 1 aliphatic rings. The first-order valence-corrected chi connectivity index (χ1v) is 12.4. The van der Waals surface area contributed by atoms with Crippen molar-refractivity contribution in [3.8, 4) is 0 Å². The summed E-state index contributed by atoms with van der Waals surface area (Å²) < 4.78 is 13.5. The monoisotopic (exact) mass is 373 g/mol. The van der Waals surface area contributed by atoms with Gasteiger partial charge in [-0.1, -0.05) is 30.3 Å². The van der Waals surface area contributed by atoms with Gasteiger partial charge in [-0.3, -0.25) is 0 Å². The first kappa shape index (κ1) is 18.8. The van der Waals surface area contributed by atoms with Crippen molar-refractivity contribution in [3.63, 3.8) is 0 Å². The van der Waals surface area contributed by atoms with Crippen molar-refractivity contribution >= 4 is 14.3 Å². The number of carbonyl (C=O) groups is 1. The molecule has 2 aromatic rings. The minimum Gasteiger partial charge on any atom is -0.453 e. The highest BCUT2D eigenvalue weighted by Gasteiger charge is 2.46. The summed E-state index contributed by atoms with van der Waals surface area (Å²) in [4.78, 5) is 17.4. The summed E-state index contributed by atoms with van der Waals surface area (Å²) in [5.41, 5.74) is 0.128. The van der Waals surface area contributed by atoms with Crippen LogP contribution in [0.25, 0.3) is 0 Å². The Bertz CT molecular complexity index is 800. The molecule has 2 heterocycles. The zero-order valence-electron chi connectivity index (χ0n) is 16.3. The van der Waals surface area contributed by atoms with Gasteiger partial charge >= 0.3 is 5.97 Å². The second-order valence-electron chi connectivity index (χ2n) is 8.10. The molecule has 0 saturated carbocycles. The Balaban J connectivity index is 1.99. The minimum atomic E-state index is -1.73. The standard InChI is InChI=1S/C19H27N3O3Si/c1-13(25-26(4,5)6)16-20-17-14(2)24-18(23)19(3,22(17)21-16)12-15-10-8-7-9-11-15/h7-11,13-14H,12H2,1-6H3/t13?,14-,19+/m0/s1. The molecule has 0 aliphatic carbocycles. The van der Waals surface area contributed by atoms with Gasteiger partial charge in [-0.05, 0) is 46.0 Å². The van der Waals surface area contributed by atoms with E-state index < -0.39 is 20.0 Å². The second kappa shape index (κ2) is 6.63. The fraction of sp³-hybridized carbons (Fsp3) is 0.526. The Labute approximate surface area is 155 Å². The fourth-order valence-electron chi connectivity index (χ4n) is 3.29. The Morgan fingerprint density at radius 3 is 2.58 bits per heavy atom. The van der Waals surface area contributed by atoms with E-state index >= 15 is 0 Å². The van der Waals surface area contributed by atoms with Crippen molar-refractivity contribution in [2.45, 2.75) is 64.6 Å². The van der Waals surface area contributed by atoms with Gasteiger partial charge < -0.3 is 9.16 Å². The van der Waals surface area contributed by atoms with Gasteiger partial charge in [-0.25, -0.2) is 14.5 Å². The highest BCUT2D eigenvalue weighted by molar-refractivity contribution is 6.69. The van der Waals surface area contributed by atoms with Crippen molar-refractivity contribution < 1.29 is 14.0 Å². The van der Waals surface area contributed by atoms with Crippen molar-refractivity contribution in [1.82, 2.24) is 14.8 Å². The number of esters is 1. The van der Waals surface area contributed by atoms with E-state index in [1.807, 2.05) is 51.1 Å². The summed E-state index contributed by atoms with van der Waals surface area (Å²) in [6, 6.07) is 9.90. The summed E-state index contributed by atoms with van der Waals surface area (Å²) in [6.07, 6.45) is -0.145. The third-order valence-corrected chi connectivity index (χ3v) is 5.55. The first-order valence-electron chi connectivity index (χ1n) is 9.00. The lowest BCUT2D eigenvalue weighted by molar-refractivity contribution is -0.165. The van der Waals surface area contributed by atoms with E-state index in [9.17, 15) is 4.79 Å². The Morgan fingerprint density at radius 2 is 1.96 bits per heavy atom. The Morgan fingerprint density at radius 1 is 1.31 bits per heavy atom. The van der Waals surface area contributed by atoms with Crippen LogP contribution in [0.5, 0.6) is 0 Å². The van der Waals surface area contributed by atoms with E-state index in [0.29, 0.717) is 18.1 Å². The van der Waals surface area contributed by atoms with E-state index in [0.717, 1.165) is 5.56 Å². The van der Waals surface area contributed by atoms with Crippen LogP contribution in [-0.4, -0.2) is 29.1 Å². The molecule has 1 aromatic heterocycles. The highest BCUT2D eigenvalue weighted by atomic mass is 28.4. The van der Waals surface area contributed by atoms with Crippen LogP contribution in [0, 0.1) is 0 Å². The predicted molar refractivity (Wildman–Crippen MR) is 101 cm³/mol. The van der Waals surface area contributed by atoms with Crippen LogP contribution in [0.15, 0.2) is 30.3 Å². The number of aromatic nitrogens is 3. The number of hydrogen-bond acceptors (Lipinski definition) is 5. The van der Waals surface area contributed by atoms with Gasteiger partial charge in [0.25, 0.3) is 0 Å². The molecule has 0 amide bonds. The lowest BCUT2D eigenvalue weighted by Crippen LogP contribution is -2.48. The third-order valence-electron chi connectivity index (χ3n) is 4.49. The van der Waals surface area contributed by atoms with Crippen LogP contribution in [-0.2, 0) is 25.9 Å². The van der Waals surface area contributed by atoms with E-state index in [1.54, 1.807) is 4.68 Å². The maximum atomic E-state index is 12.8. The summed E-state index contributed by atoms with van der Waals surface area (Å²) in [6.45, 7) is 12.0. The second-order valence-corrected chi connectivity index (χ2v) is 12.6. The molecule has 0 N–H and O–H groups in total. The lowest BCUT2D eigenvalue weighted by atomic mass is 9.91. The maximum Gasteiger partial charge on any atom is 0.334 e. The Kier molecular flexibility index (Phi) is 4.79. The quantitative estimate of drug-likeness (QED) is 0.590. The Hall–Kier alpha value is -1.99. The number of nitrogens with zero attached hydrogens (tertiary/aromatic N) is 3. The van der Waals surface area contributed by atoms with Crippen molar-refractivity contribution in [1.29, 1.82) is 0 Å². The van der Waals surface area contributed by atoms with Gasteiger partial charge in [0.2, 0.25) is 0 Å². The lowest BCUT2D eigenvalue weighted by Gasteiger charge is -2.35. The third kappa shape index (κ3) is 3.59. The number of benzene rings is 1. The molecule has 0 spiro atoms. The van der Waals surface area contributed by atoms with Crippen LogP contribution >= 0.6 is 0 Å². The molecule has 26 heavy (non-hydrogen) atoms. The number of cyclic esters (lactones) is 1. The summed E-state index contributed by atoms with van der Waals surface area (Å²) in [7, 11) is -1.73. The molecule has 6 nitrogen and oxygen atoms in total. The largest absolute Gasteiger partial charge is 0.453 e. The number of ether oxygens (including phenoxy) is 1. The normalized spacial score (nSPS) is 24.1. The van der Waals surface area contributed by atoms with Crippen molar-refractivity contribution in [2.75, 3.05) is 0 Å². The van der Waals surface area contributed by atoms with E-state index in [2.05, 4.69) is 29.7 Å². The van der Waals surface area contributed by atoms with Crippen LogP contribution in [0.2, 0.25) is 19.6 Å². The van der Waals surface area contributed by atoms with Gasteiger partial charge in [0.1, 0.15) is 6.10 Å². The molecule has 0 fully saturated rings. The van der Waals surface area contributed by atoms with Gasteiger partial charge in [0.05, 0.1) is 0 Å². The maximum absolute atomic E-state index is 12.8. The average molecular weight is 374 g/mol. The number of hydrogen-bond donors (Lipinski definition) is 0. The van der Waals surface area contributed by atoms with Crippen LogP contribution in [0.4, 0.5) is 0 Å². The molecule has 3 atom stereocenters. The van der Waals surface area contributed by atoms with E-state index in [1.165, 1.54) is 0 Å². The van der Waals surface area contributed by atoms with Crippen molar-refractivity contribution in [2.24, 2.45) is 0 Å². The molecule has 0 bridgehead atoms. The average Bonchev–Trinajstić information content (AvgIpc) is 2.99. The molecular weight excluding hydrogens is 346 g/mol. The molecule has 0 radical (unpaired) electrons. The van der Waals surface area contributed by atoms with Gasteiger partial charge in [0.15, 0.2) is 31.6 Å². The topological polar surface area (TPSA) is 66.2 Å². The number of rotatable bonds is 5. The highest BCUT2D eigenvalue weighted by Crippen LogP contribution is 2.35. The van der Waals surface area contributed by atoms with E-state index in [-0.39, 0.29) is 12.1 Å². The van der Waals surface area contributed by atoms with Crippen LogP contribution < -0.4 is 0 Å². The molecule has 7 heteroatoms.